The van der Waals surface area contributed by atoms with Gasteiger partial charge in [0, 0.05) is 36.6 Å². The van der Waals surface area contributed by atoms with E-state index in [1.807, 2.05) is 36.1 Å². The van der Waals surface area contributed by atoms with Crippen LogP contribution in [-0.2, 0) is 21.4 Å². The summed E-state index contributed by atoms with van der Waals surface area (Å²) in [6.07, 6.45) is 7.86. The number of aromatic nitrogens is 4. The van der Waals surface area contributed by atoms with Crippen LogP contribution < -0.4 is 10.6 Å². The van der Waals surface area contributed by atoms with Crippen molar-refractivity contribution in [2.45, 2.75) is 56.6 Å². The van der Waals surface area contributed by atoms with Crippen LogP contribution >= 0.6 is 0 Å². The van der Waals surface area contributed by atoms with Gasteiger partial charge in [0.1, 0.15) is 5.82 Å². The SMILES string of the molecule is Cn1cc2cc(Nc3ccnc(NC4CCCCC4)n3)ccc2n1.O=C(O)CC(O)(CC(=O)O)C(=O)O. The van der Waals surface area contributed by atoms with Crippen LogP contribution in [0.1, 0.15) is 44.9 Å². The lowest BCUT2D eigenvalue weighted by Gasteiger charge is -2.22. The average molecular weight is 515 g/mol. The molecule has 1 saturated carbocycles. The van der Waals surface area contributed by atoms with Crippen molar-refractivity contribution < 1.29 is 34.8 Å². The van der Waals surface area contributed by atoms with E-state index >= 15 is 0 Å². The van der Waals surface area contributed by atoms with Crippen molar-refractivity contribution in [1.82, 2.24) is 19.7 Å². The third kappa shape index (κ3) is 8.14. The van der Waals surface area contributed by atoms with E-state index in [1.165, 1.54) is 32.1 Å². The fraction of sp³-hybridized carbons (Fsp3) is 0.417. The zero-order valence-corrected chi connectivity index (χ0v) is 20.3. The van der Waals surface area contributed by atoms with Crippen molar-refractivity contribution in [3.8, 4) is 0 Å². The molecule has 13 heteroatoms. The molecule has 6 N–H and O–H groups in total. The van der Waals surface area contributed by atoms with E-state index in [0.717, 1.165) is 22.4 Å². The molecule has 0 amide bonds. The molecule has 0 radical (unpaired) electrons. The summed E-state index contributed by atoms with van der Waals surface area (Å²) < 4.78 is 1.82. The van der Waals surface area contributed by atoms with E-state index in [9.17, 15) is 14.4 Å². The summed E-state index contributed by atoms with van der Waals surface area (Å²) in [5.74, 6) is -3.52. The van der Waals surface area contributed by atoms with Crippen LogP contribution in [0.3, 0.4) is 0 Å². The zero-order valence-electron chi connectivity index (χ0n) is 20.3. The van der Waals surface area contributed by atoms with Gasteiger partial charge in [-0.2, -0.15) is 10.1 Å². The van der Waals surface area contributed by atoms with Gasteiger partial charge in [-0.15, -0.1) is 0 Å². The molecule has 3 aromatic rings. The number of carbonyl (C=O) groups is 3. The van der Waals surface area contributed by atoms with Crippen molar-refractivity contribution in [3.63, 3.8) is 0 Å². The Labute approximate surface area is 212 Å². The lowest BCUT2D eigenvalue weighted by atomic mass is 9.96. The van der Waals surface area contributed by atoms with Gasteiger partial charge >= 0.3 is 17.9 Å². The summed E-state index contributed by atoms with van der Waals surface area (Å²) in [6, 6.07) is 8.50. The number of benzene rings is 1. The predicted molar refractivity (Wildman–Crippen MR) is 134 cm³/mol. The number of carboxylic acids is 3. The molecule has 0 unspecified atom stereocenters. The minimum absolute atomic E-state index is 0.501. The predicted octanol–water partition coefficient (Wildman–Crippen LogP) is 2.60. The molecule has 37 heavy (non-hydrogen) atoms. The Kier molecular flexibility index (Phi) is 8.95. The summed E-state index contributed by atoms with van der Waals surface area (Å²) in [7, 11) is 1.93. The van der Waals surface area contributed by atoms with Crippen molar-refractivity contribution >= 4 is 46.3 Å². The fourth-order valence-electron chi connectivity index (χ4n) is 4.02. The van der Waals surface area contributed by atoms with Crippen LogP contribution in [0.15, 0.2) is 36.7 Å². The number of nitrogens with zero attached hydrogens (tertiary/aromatic N) is 4. The number of aliphatic hydroxyl groups is 1. The first kappa shape index (κ1) is 27.3. The Hall–Kier alpha value is -4.26. The molecule has 0 spiro atoms. The molecule has 1 aliphatic carbocycles. The molecule has 1 fully saturated rings. The molecule has 2 heterocycles. The standard InChI is InChI=1S/C18H22N6.C6H8O7/c1-24-12-13-11-15(7-8-16(13)23-24)20-17-9-10-19-18(22-17)21-14-5-3-2-4-6-14;7-3(8)1-6(13,5(11)12)2-4(9)10/h7-12,14H,2-6H2,1H3,(H2,19,20,21,22);13H,1-2H2,(H,7,8)(H,9,10)(H,11,12). The van der Waals surface area contributed by atoms with Crippen LogP contribution in [0.5, 0.6) is 0 Å². The Morgan fingerprint density at radius 3 is 2.35 bits per heavy atom. The molecule has 4 rings (SSSR count). The monoisotopic (exact) mass is 514 g/mol. The van der Waals surface area contributed by atoms with E-state index in [1.54, 1.807) is 6.20 Å². The van der Waals surface area contributed by atoms with Gasteiger partial charge in [0.2, 0.25) is 5.95 Å². The average Bonchev–Trinajstić information content (AvgIpc) is 3.18. The first-order chi connectivity index (χ1) is 17.5. The van der Waals surface area contributed by atoms with Gasteiger partial charge in [0.05, 0.1) is 18.4 Å². The van der Waals surface area contributed by atoms with Crippen LogP contribution in [0.2, 0.25) is 0 Å². The number of hydrogen-bond acceptors (Lipinski definition) is 9. The largest absolute Gasteiger partial charge is 0.481 e. The number of anilines is 3. The maximum Gasteiger partial charge on any atom is 0.336 e. The minimum Gasteiger partial charge on any atom is -0.481 e. The highest BCUT2D eigenvalue weighted by molar-refractivity contribution is 5.88. The molecular formula is C24H30N6O7. The van der Waals surface area contributed by atoms with Crippen LogP contribution in [0, 0.1) is 0 Å². The van der Waals surface area contributed by atoms with Crippen LogP contribution in [0.25, 0.3) is 10.9 Å². The Bertz CT molecular complexity index is 1240. The molecule has 0 saturated heterocycles. The first-order valence-electron chi connectivity index (χ1n) is 11.7. The molecule has 2 aromatic heterocycles. The number of aliphatic carboxylic acids is 3. The van der Waals surface area contributed by atoms with E-state index in [2.05, 4.69) is 31.8 Å². The summed E-state index contributed by atoms with van der Waals surface area (Å²) in [6.45, 7) is 0. The molecular weight excluding hydrogens is 484 g/mol. The Morgan fingerprint density at radius 1 is 1.05 bits per heavy atom. The van der Waals surface area contributed by atoms with Gasteiger partial charge in [-0.3, -0.25) is 14.3 Å². The smallest absolute Gasteiger partial charge is 0.336 e. The molecule has 0 bridgehead atoms. The van der Waals surface area contributed by atoms with Gasteiger partial charge < -0.3 is 31.1 Å². The van der Waals surface area contributed by atoms with E-state index in [-0.39, 0.29) is 0 Å². The normalized spacial score (nSPS) is 13.9. The van der Waals surface area contributed by atoms with Gasteiger partial charge in [-0.05, 0) is 37.1 Å². The molecule has 0 aliphatic heterocycles. The zero-order chi connectivity index (χ0) is 27.0. The van der Waals surface area contributed by atoms with E-state index < -0.39 is 36.4 Å². The summed E-state index contributed by atoms with van der Waals surface area (Å²) in [5.41, 5.74) is -0.749. The van der Waals surface area contributed by atoms with E-state index in [0.29, 0.717) is 12.0 Å². The van der Waals surface area contributed by atoms with Crippen LogP contribution in [-0.4, -0.2) is 69.7 Å². The third-order valence-corrected chi connectivity index (χ3v) is 5.77. The fourth-order valence-corrected chi connectivity index (χ4v) is 4.02. The van der Waals surface area contributed by atoms with Crippen molar-refractivity contribution in [1.29, 1.82) is 0 Å². The maximum atomic E-state index is 10.3. The highest BCUT2D eigenvalue weighted by Crippen LogP contribution is 2.23. The third-order valence-electron chi connectivity index (χ3n) is 5.77. The second-order valence-electron chi connectivity index (χ2n) is 8.92. The van der Waals surface area contributed by atoms with Crippen LogP contribution in [0.4, 0.5) is 17.5 Å². The second-order valence-corrected chi connectivity index (χ2v) is 8.92. The lowest BCUT2D eigenvalue weighted by Crippen LogP contribution is -2.42. The van der Waals surface area contributed by atoms with Crippen molar-refractivity contribution in [2.24, 2.45) is 7.05 Å². The van der Waals surface area contributed by atoms with Crippen molar-refractivity contribution in [3.05, 3.63) is 36.7 Å². The minimum atomic E-state index is -2.74. The first-order valence-corrected chi connectivity index (χ1v) is 11.7. The number of aryl methyl sites for hydroxylation is 1. The van der Waals surface area contributed by atoms with Gasteiger partial charge in [0.25, 0.3) is 0 Å². The van der Waals surface area contributed by atoms with Gasteiger partial charge in [-0.25, -0.2) is 9.78 Å². The molecule has 1 aromatic carbocycles. The molecule has 1 aliphatic rings. The highest BCUT2D eigenvalue weighted by atomic mass is 16.4. The highest BCUT2D eigenvalue weighted by Gasteiger charge is 2.40. The quantitative estimate of drug-likeness (QED) is 0.244. The van der Waals surface area contributed by atoms with Gasteiger partial charge in [-0.1, -0.05) is 19.3 Å². The van der Waals surface area contributed by atoms with E-state index in [4.69, 9.17) is 20.4 Å². The molecule has 198 valence electrons. The Morgan fingerprint density at radius 2 is 1.73 bits per heavy atom. The number of carboxylic acid groups (broad SMARTS) is 3. The lowest BCUT2D eigenvalue weighted by molar-refractivity contribution is -0.170. The summed E-state index contributed by atoms with van der Waals surface area (Å²) in [5, 5.41) is 46.1. The summed E-state index contributed by atoms with van der Waals surface area (Å²) in [4.78, 5) is 39.4. The van der Waals surface area contributed by atoms with Gasteiger partial charge in [0.15, 0.2) is 5.60 Å². The van der Waals surface area contributed by atoms with Crippen molar-refractivity contribution in [2.75, 3.05) is 10.6 Å². The number of hydrogen-bond donors (Lipinski definition) is 6. The number of fused-ring (bicyclic) bond motifs is 1. The maximum absolute atomic E-state index is 10.3. The Balaban J connectivity index is 0.000000251. The topological polar surface area (TPSA) is 200 Å². The number of rotatable bonds is 9. The second kappa shape index (κ2) is 12.1. The summed E-state index contributed by atoms with van der Waals surface area (Å²) >= 11 is 0. The number of nitrogens with one attached hydrogen (secondary N) is 2. The molecule has 13 nitrogen and oxygen atoms in total. The molecule has 0 atom stereocenters.